The SMILES string of the molecule is COc1ccc(Cl)cc1COc1cc([N+](=O)[O-])ccc1OC. The second-order valence-corrected chi connectivity index (χ2v) is 4.77. The first-order valence-electron chi connectivity index (χ1n) is 6.32. The predicted molar refractivity (Wildman–Crippen MR) is 82.0 cm³/mol. The van der Waals surface area contributed by atoms with Crippen molar-refractivity contribution >= 4 is 17.3 Å². The van der Waals surface area contributed by atoms with E-state index < -0.39 is 4.92 Å². The Morgan fingerprint density at radius 3 is 2.36 bits per heavy atom. The lowest BCUT2D eigenvalue weighted by Crippen LogP contribution is -2.01. The molecule has 0 aromatic heterocycles. The maximum Gasteiger partial charge on any atom is 0.273 e. The van der Waals surface area contributed by atoms with Crippen LogP contribution in [0.1, 0.15) is 5.56 Å². The molecule has 0 bridgehead atoms. The maximum atomic E-state index is 10.8. The number of nitro groups is 1. The average molecular weight is 324 g/mol. The Labute approximate surface area is 132 Å². The number of methoxy groups -OCH3 is 2. The lowest BCUT2D eigenvalue weighted by atomic mass is 10.2. The summed E-state index contributed by atoms with van der Waals surface area (Å²) in [6.07, 6.45) is 0. The van der Waals surface area contributed by atoms with Crippen molar-refractivity contribution in [2.45, 2.75) is 6.61 Å². The molecule has 2 aromatic carbocycles. The van der Waals surface area contributed by atoms with E-state index >= 15 is 0 Å². The number of non-ortho nitro benzene ring substituents is 1. The fourth-order valence-electron chi connectivity index (χ4n) is 1.91. The van der Waals surface area contributed by atoms with Gasteiger partial charge in [-0.15, -0.1) is 0 Å². The molecule has 0 heterocycles. The number of nitro benzene ring substituents is 1. The molecule has 0 saturated heterocycles. The van der Waals surface area contributed by atoms with Crippen LogP contribution in [0.5, 0.6) is 17.2 Å². The van der Waals surface area contributed by atoms with Crippen LogP contribution in [-0.4, -0.2) is 19.1 Å². The van der Waals surface area contributed by atoms with Gasteiger partial charge < -0.3 is 14.2 Å². The van der Waals surface area contributed by atoms with Crippen LogP contribution in [-0.2, 0) is 6.61 Å². The monoisotopic (exact) mass is 323 g/mol. The van der Waals surface area contributed by atoms with E-state index in [1.807, 2.05) is 0 Å². The lowest BCUT2D eigenvalue weighted by molar-refractivity contribution is -0.385. The average Bonchev–Trinajstić information content (AvgIpc) is 2.52. The van der Waals surface area contributed by atoms with Gasteiger partial charge in [-0.2, -0.15) is 0 Å². The van der Waals surface area contributed by atoms with Crippen LogP contribution in [0.4, 0.5) is 5.69 Å². The molecule has 6 nitrogen and oxygen atoms in total. The third kappa shape index (κ3) is 3.59. The number of hydrogen-bond donors (Lipinski definition) is 0. The van der Waals surface area contributed by atoms with E-state index in [9.17, 15) is 10.1 Å². The summed E-state index contributed by atoms with van der Waals surface area (Å²) in [5.41, 5.74) is 0.650. The van der Waals surface area contributed by atoms with Crippen molar-refractivity contribution in [3.05, 3.63) is 57.1 Å². The van der Waals surface area contributed by atoms with Crippen molar-refractivity contribution in [3.63, 3.8) is 0 Å². The van der Waals surface area contributed by atoms with E-state index in [-0.39, 0.29) is 18.0 Å². The molecule has 2 rings (SSSR count). The summed E-state index contributed by atoms with van der Waals surface area (Å²) in [4.78, 5) is 10.4. The van der Waals surface area contributed by atoms with Gasteiger partial charge in [0.2, 0.25) is 0 Å². The molecule has 0 unspecified atom stereocenters. The molecular formula is C15H14ClNO5. The van der Waals surface area contributed by atoms with Crippen molar-refractivity contribution in [2.75, 3.05) is 14.2 Å². The summed E-state index contributed by atoms with van der Waals surface area (Å²) in [6, 6.07) is 9.30. The van der Waals surface area contributed by atoms with Crippen molar-refractivity contribution in [1.82, 2.24) is 0 Å². The Morgan fingerprint density at radius 2 is 1.73 bits per heavy atom. The second kappa shape index (κ2) is 7.00. The minimum Gasteiger partial charge on any atom is -0.496 e. The van der Waals surface area contributed by atoms with Gasteiger partial charge in [0, 0.05) is 16.7 Å². The molecule has 0 radical (unpaired) electrons. The molecule has 0 amide bonds. The Morgan fingerprint density at radius 1 is 1.05 bits per heavy atom. The quantitative estimate of drug-likeness (QED) is 0.596. The smallest absolute Gasteiger partial charge is 0.273 e. The Balaban J connectivity index is 2.25. The van der Waals surface area contributed by atoms with Crippen molar-refractivity contribution < 1.29 is 19.1 Å². The minimum absolute atomic E-state index is 0.0751. The van der Waals surface area contributed by atoms with E-state index in [0.717, 1.165) is 5.56 Å². The molecule has 0 N–H and O–H groups in total. The number of halogens is 1. The predicted octanol–water partition coefficient (Wildman–Crippen LogP) is 3.84. The Bertz CT molecular complexity index is 690. The molecule has 2 aromatic rings. The van der Waals surface area contributed by atoms with Gasteiger partial charge in [-0.1, -0.05) is 11.6 Å². The highest BCUT2D eigenvalue weighted by molar-refractivity contribution is 6.30. The normalized spacial score (nSPS) is 10.1. The largest absolute Gasteiger partial charge is 0.496 e. The van der Waals surface area contributed by atoms with E-state index in [2.05, 4.69) is 0 Å². The van der Waals surface area contributed by atoms with Crippen LogP contribution in [0.2, 0.25) is 5.02 Å². The van der Waals surface area contributed by atoms with Crippen LogP contribution < -0.4 is 14.2 Å². The molecule has 0 spiro atoms. The molecule has 0 atom stereocenters. The van der Waals surface area contributed by atoms with Gasteiger partial charge in [-0.25, -0.2) is 0 Å². The molecule has 0 saturated carbocycles. The highest BCUT2D eigenvalue weighted by atomic mass is 35.5. The van der Waals surface area contributed by atoms with Crippen LogP contribution >= 0.6 is 11.6 Å². The summed E-state index contributed by atoms with van der Waals surface area (Å²) in [7, 11) is 3.01. The fraction of sp³-hybridized carbons (Fsp3) is 0.200. The van der Waals surface area contributed by atoms with E-state index in [1.165, 1.54) is 25.3 Å². The highest BCUT2D eigenvalue weighted by Gasteiger charge is 2.13. The third-order valence-electron chi connectivity index (χ3n) is 2.98. The van der Waals surface area contributed by atoms with Crippen LogP contribution in [0.25, 0.3) is 0 Å². The number of benzene rings is 2. The van der Waals surface area contributed by atoms with Gasteiger partial charge >= 0.3 is 0 Å². The minimum atomic E-state index is -0.494. The standard InChI is InChI=1S/C15H14ClNO5/c1-20-13-5-3-11(16)7-10(13)9-22-15-8-12(17(18)19)4-6-14(15)21-2/h3-8H,9H2,1-2H3. The molecule has 22 heavy (non-hydrogen) atoms. The molecule has 0 fully saturated rings. The summed E-state index contributed by atoms with van der Waals surface area (Å²) in [5.74, 6) is 1.30. The molecular weight excluding hydrogens is 310 g/mol. The molecule has 116 valence electrons. The zero-order valence-electron chi connectivity index (χ0n) is 12.0. The first kappa shape index (κ1) is 15.9. The Hall–Kier alpha value is -2.47. The summed E-state index contributed by atoms with van der Waals surface area (Å²) in [6.45, 7) is 0.140. The topological polar surface area (TPSA) is 70.8 Å². The number of nitrogens with zero attached hydrogens (tertiary/aromatic N) is 1. The fourth-order valence-corrected chi connectivity index (χ4v) is 2.10. The van der Waals surface area contributed by atoms with Gasteiger partial charge in [-0.3, -0.25) is 10.1 Å². The van der Waals surface area contributed by atoms with E-state index in [0.29, 0.717) is 16.5 Å². The zero-order valence-corrected chi connectivity index (χ0v) is 12.8. The van der Waals surface area contributed by atoms with Gasteiger partial charge in [0.05, 0.1) is 25.2 Å². The first-order valence-corrected chi connectivity index (χ1v) is 6.70. The summed E-state index contributed by atoms with van der Waals surface area (Å²) in [5, 5.41) is 11.4. The molecule has 7 heteroatoms. The van der Waals surface area contributed by atoms with E-state index in [4.69, 9.17) is 25.8 Å². The van der Waals surface area contributed by atoms with Crippen LogP contribution in [0.15, 0.2) is 36.4 Å². The first-order chi connectivity index (χ1) is 10.5. The van der Waals surface area contributed by atoms with Gasteiger partial charge in [0.1, 0.15) is 12.4 Å². The van der Waals surface area contributed by atoms with Crippen molar-refractivity contribution in [3.8, 4) is 17.2 Å². The van der Waals surface area contributed by atoms with Crippen molar-refractivity contribution in [1.29, 1.82) is 0 Å². The summed E-state index contributed by atoms with van der Waals surface area (Å²) >= 11 is 5.96. The molecule has 0 aliphatic heterocycles. The van der Waals surface area contributed by atoms with Crippen LogP contribution in [0.3, 0.4) is 0 Å². The number of hydrogen-bond acceptors (Lipinski definition) is 5. The highest BCUT2D eigenvalue weighted by Crippen LogP contribution is 2.32. The van der Waals surface area contributed by atoms with Gasteiger partial charge in [-0.05, 0) is 24.3 Å². The maximum absolute atomic E-state index is 10.8. The second-order valence-electron chi connectivity index (χ2n) is 4.34. The zero-order chi connectivity index (χ0) is 16.1. The third-order valence-corrected chi connectivity index (χ3v) is 3.22. The van der Waals surface area contributed by atoms with Gasteiger partial charge in [0.15, 0.2) is 11.5 Å². The lowest BCUT2D eigenvalue weighted by Gasteiger charge is -2.13. The van der Waals surface area contributed by atoms with E-state index in [1.54, 1.807) is 25.3 Å². The molecule has 0 aliphatic rings. The van der Waals surface area contributed by atoms with Crippen LogP contribution in [0, 0.1) is 10.1 Å². The summed E-state index contributed by atoms with van der Waals surface area (Å²) < 4.78 is 16.0. The van der Waals surface area contributed by atoms with Gasteiger partial charge in [0.25, 0.3) is 5.69 Å². The molecule has 0 aliphatic carbocycles. The Kier molecular flexibility index (Phi) is 5.06. The van der Waals surface area contributed by atoms with Crippen molar-refractivity contribution in [2.24, 2.45) is 0 Å². The number of ether oxygens (including phenoxy) is 3. The number of rotatable bonds is 6.